The number of anilines is 1. The van der Waals surface area contributed by atoms with Crippen LogP contribution in [0.5, 0.6) is 5.75 Å². The van der Waals surface area contributed by atoms with Crippen molar-refractivity contribution in [2.75, 3.05) is 12.4 Å². The van der Waals surface area contributed by atoms with E-state index in [4.69, 9.17) is 4.74 Å². The second-order valence-corrected chi connectivity index (χ2v) is 5.09. The highest BCUT2D eigenvalue weighted by molar-refractivity contribution is 5.91. The molecule has 0 radical (unpaired) electrons. The van der Waals surface area contributed by atoms with Crippen molar-refractivity contribution >= 4 is 23.4 Å². The lowest BCUT2D eigenvalue weighted by molar-refractivity contribution is -0.125. The Labute approximate surface area is 128 Å². The maximum Gasteiger partial charge on any atom is 0.242 e. The normalized spacial score (nSPS) is 16.8. The molecule has 3 N–H and O–H groups in total. The van der Waals surface area contributed by atoms with Crippen LogP contribution in [0.25, 0.3) is 0 Å². The Morgan fingerprint density at radius 2 is 2.18 bits per heavy atom. The summed E-state index contributed by atoms with van der Waals surface area (Å²) in [6.45, 7) is 1.72. The number of methoxy groups -OCH3 is 1. The zero-order valence-corrected chi connectivity index (χ0v) is 12.6. The van der Waals surface area contributed by atoms with Crippen molar-refractivity contribution in [1.29, 1.82) is 0 Å². The lowest BCUT2D eigenvalue weighted by Gasteiger charge is -2.13. The summed E-state index contributed by atoms with van der Waals surface area (Å²) in [6, 6.07) is 4.82. The lowest BCUT2D eigenvalue weighted by atomic mass is 10.1. The second-order valence-electron chi connectivity index (χ2n) is 5.09. The predicted molar refractivity (Wildman–Crippen MR) is 80.3 cm³/mol. The molecule has 1 heterocycles. The van der Waals surface area contributed by atoms with E-state index in [1.54, 1.807) is 18.2 Å². The van der Waals surface area contributed by atoms with Gasteiger partial charge in [0.25, 0.3) is 0 Å². The molecule has 0 spiro atoms. The van der Waals surface area contributed by atoms with Gasteiger partial charge in [0.05, 0.1) is 12.8 Å². The number of carbonyl (C=O) groups excluding carboxylic acids is 3. The first kappa shape index (κ1) is 15.8. The van der Waals surface area contributed by atoms with Crippen LogP contribution >= 0.6 is 0 Å². The number of benzene rings is 1. The molecule has 0 aliphatic carbocycles. The molecular weight excluding hydrogens is 286 g/mol. The standard InChI is InChI=1S/C15H19N3O4/c1-9(19)17-12-7-10(3-5-13(12)22-2)8-16-15(21)11-4-6-14(20)18-11/h3,5,7,11H,4,6,8H2,1-2H3,(H,16,21)(H,17,19)(H,18,20). The van der Waals surface area contributed by atoms with Crippen molar-refractivity contribution in [3.05, 3.63) is 23.8 Å². The Bertz CT molecular complexity index is 600. The summed E-state index contributed by atoms with van der Waals surface area (Å²) >= 11 is 0. The fraction of sp³-hybridized carbons (Fsp3) is 0.400. The highest BCUT2D eigenvalue weighted by Crippen LogP contribution is 2.25. The van der Waals surface area contributed by atoms with Gasteiger partial charge in [0.15, 0.2) is 0 Å². The smallest absolute Gasteiger partial charge is 0.242 e. The van der Waals surface area contributed by atoms with Crippen LogP contribution in [0.4, 0.5) is 5.69 Å². The van der Waals surface area contributed by atoms with Crippen molar-refractivity contribution in [3.63, 3.8) is 0 Å². The van der Waals surface area contributed by atoms with Crippen molar-refractivity contribution in [3.8, 4) is 5.75 Å². The van der Waals surface area contributed by atoms with E-state index in [2.05, 4.69) is 16.0 Å². The number of hydrogen-bond donors (Lipinski definition) is 3. The van der Waals surface area contributed by atoms with E-state index in [0.717, 1.165) is 5.56 Å². The Morgan fingerprint density at radius 1 is 1.41 bits per heavy atom. The summed E-state index contributed by atoms with van der Waals surface area (Å²) in [4.78, 5) is 34.2. The van der Waals surface area contributed by atoms with Gasteiger partial charge in [-0.1, -0.05) is 6.07 Å². The van der Waals surface area contributed by atoms with E-state index in [0.29, 0.717) is 30.8 Å². The molecule has 2 rings (SSSR count). The SMILES string of the molecule is COc1ccc(CNC(=O)C2CCC(=O)N2)cc1NC(C)=O. The monoisotopic (exact) mass is 305 g/mol. The highest BCUT2D eigenvalue weighted by Gasteiger charge is 2.26. The number of amides is 3. The van der Waals surface area contributed by atoms with Crippen LogP contribution in [0, 0.1) is 0 Å². The van der Waals surface area contributed by atoms with Gasteiger partial charge in [-0.05, 0) is 24.1 Å². The van der Waals surface area contributed by atoms with Crippen LogP contribution in [-0.2, 0) is 20.9 Å². The number of carbonyl (C=O) groups is 3. The first-order chi connectivity index (χ1) is 10.5. The van der Waals surface area contributed by atoms with Crippen LogP contribution in [-0.4, -0.2) is 30.9 Å². The summed E-state index contributed by atoms with van der Waals surface area (Å²) in [5.74, 6) is 0.0433. The highest BCUT2D eigenvalue weighted by atomic mass is 16.5. The number of hydrogen-bond acceptors (Lipinski definition) is 4. The molecule has 7 heteroatoms. The Balaban J connectivity index is 1.99. The zero-order chi connectivity index (χ0) is 16.1. The van der Waals surface area contributed by atoms with Gasteiger partial charge in [-0.25, -0.2) is 0 Å². The van der Waals surface area contributed by atoms with E-state index in [1.165, 1.54) is 14.0 Å². The third-order valence-corrected chi connectivity index (χ3v) is 3.35. The molecule has 1 aromatic carbocycles. The minimum absolute atomic E-state index is 0.0995. The molecule has 0 saturated carbocycles. The molecule has 1 aromatic rings. The third-order valence-electron chi connectivity index (χ3n) is 3.35. The van der Waals surface area contributed by atoms with Crippen molar-refractivity contribution in [1.82, 2.24) is 10.6 Å². The van der Waals surface area contributed by atoms with Crippen molar-refractivity contribution in [2.45, 2.75) is 32.4 Å². The molecule has 1 aliphatic rings. The molecule has 118 valence electrons. The fourth-order valence-corrected chi connectivity index (χ4v) is 2.28. The van der Waals surface area contributed by atoms with Gasteiger partial charge >= 0.3 is 0 Å². The van der Waals surface area contributed by atoms with Crippen LogP contribution in [0.15, 0.2) is 18.2 Å². The van der Waals surface area contributed by atoms with Gasteiger partial charge in [-0.15, -0.1) is 0 Å². The largest absolute Gasteiger partial charge is 0.495 e. The van der Waals surface area contributed by atoms with Gasteiger partial charge in [-0.2, -0.15) is 0 Å². The van der Waals surface area contributed by atoms with Crippen LogP contribution in [0.2, 0.25) is 0 Å². The van der Waals surface area contributed by atoms with Crippen LogP contribution in [0.3, 0.4) is 0 Å². The number of ether oxygens (including phenoxy) is 1. The van der Waals surface area contributed by atoms with Crippen LogP contribution < -0.4 is 20.7 Å². The third kappa shape index (κ3) is 3.97. The first-order valence-electron chi connectivity index (χ1n) is 7.01. The van der Waals surface area contributed by atoms with E-state index in [9.17, 15) is 14.4 Å². The topological polar surface area (TPSA) is 96.5 Å². The molecule has 1 atom stereocenters. The molecule has 1 fully saturated rings. The Morgan fingerprint density at radius 3 is 2.77 bits per heavy atom. The molecular formula is C15H19N3O4. The van der Waals surface area contributed by atoms with Gasteiger partial charge in [-0.3, -0.25) is 14.4 Å². The average Bonchev–Trinajstić information content (AvgIpc) is 2.91. The minimum Gasteiger partial charge on any atom is -0.495 e. The Kier molecular flexibility index (Phi) is 4.98. The summed E-state index contributed by atoms with van der Waals surface area (Å²) in [6.07, 6.45) is 0.901. The summed E-state index contributed by atoms with van der Waals surface area (Å²) in [7, 11) is 1.52. The quantitative estimate of drug-likeness (QED) is 0.740. The van der Waals surface area contributed by atoms with Crippen LogP contribution in [0.1, 0.15) is 25.3 Å². The molecule has 1 unspecified atom stereocenters. The molecule has 1 aliphatic heterocycles. The van der Waals surface area contributed by atoms with E-state index >= 15 is 0 Å². The molecule has 0 bridgehead atoms. The Hall–Kier alpha value is -2.57. The maximum absolute atomic E-state index is 11.9. The van der Waals surface area contributed by atoms with E-state index in [-0.39, 0.29) is 17.7 Å². The predicted octanol–water partition coefficient (Wildman–Crippen LogP) is 0.548. The number of rotatable bonds is 5. The second kappa shape index (κ2) is 6.93. The number of nitrogens with one attached hydrogen (secondary N) is 3. The maximum atomic E-state index is 11.9. The minimum atomic E-state index is -0.458. The molecule has 22 heavy (non-hydrogen) atoms. The lowest BCUT2D eigenvalue weighted by Crippen LogP contribution is -2.41. The molecule has 7 nitrogen and oxygen atoms in total. The molecule has 0 aromatic heterocycles. The van der Waals surface area contributed by atoms with Gasteiger partial charge in [0.1, 0.15) is 11.8 Å². The zero-order valence-electron chi connectivity index (χ0n) is 12.6. The van der Waals surface area contributed by atoms with Gasteiger partial charge in [0.2, 0.25) is 17.7 Å². The van der Waals surface area contributed by atoms with Crippen molar-refractivity contribution in [2.24, 2.45) is 0 Å². The van der Waals surface area contributed by atoms with Gasteiger partial charge in [0, 0.05) is 19.9 Å². The summed E-state index contributed by atoms with van der Waals surface area (Å²) in [5.41, 5.74) is 1.37. The summed E-state index contributed by atoms with van der Waals surface area (Å²) < 4.78 is 5.17. The molecule has 3 amide bonds. The van der Waals surface area contributed by atoms with Gasteiger partial charge < -0.3 is 20.7 Å². The fourth-order valence-electron chi connectivity index (χ4n) is 2.28. The summed E-state index contributed by atoms with van der Waals surface area (Å²) in [5, 5.41) is 8.07. The van der Waals surface area contributed by atoms with E-state index < -0.39 is 6.04 Å². The first-order valence-corrected chi connectivity index (χ1v) is 7.01. The van der Waals surface area contributed by atoms with Crippen molar-refractivity contribution < 1.29 is 19.1 Å². The molecule has 1 saturated heterocycles. The van der Waals surface area contributed by atoms with E-state index in [1.807, 2.05) is 0 Å². The average molecular weight is 305 g/mol.